The lowest BCUT2D eigenvalue weighted by atomic mass is 10.1. The van der Waals surface area contributed by atoms with Crippen molar-refractivity contribution in [1.29, 1.82) is 0 Å². The van der Waals surface area contributed by atoms with Gasteiger partial charge in [0.15, 0.2) is 5.13 Å². The van der Waals surface area contributed by atoms with Gasteiger partial charge in [-0.15, -0.1) is 0 Å². The van der Waals surface area contributed by atoms with E-state index in [-0.39, 0.29) is 15.9 Å². The minimum Gasteiger partial charge on any atom is -0.321 e. The lowest BCUT2D eigenvalue weighted by Gasteiger charge is -2.07. The van der Waals surface area contributed by atoms with Crippen LogP contribution in [0.2, 0.25) is 0 Å². The first-order chi connectivity index (χ1) is 13.2. The molecule has 3 aromatic rings. The van der Waals surface area contributed by atoms with Crippen LogP contribution in [-0.4, -0.2) is 19.3 Å². The molecule has 0 bridgehead atoms. The normalized spacial score (nSPS) is 11.3. The fraction of sp³-hybridized carbons (Fsp3) is 0.200. The molecule has 2 N–H and O–H groups in total. The molecule has 2 aromatic carbocycles. The minimum atomic E-state index is -3.76. The van der Waals surface area contributed by atoms with Crippen LogP contribution in [0, 0.1) is 27.7 Å². The molecular formula is C20H21N3O3S2. The molecule has 146 valence electrons. The molecule has 0 radical (unpaired) electrons. The van der Waals surface area contributed by atoms with Crippen molar-refractivity contribution < 1.29 is 13.2 Å². The minimum absolute atomic E-state index is 0.145. The van der Waals surface area contributed by atoms with Gasteiger partial charge in [0.05, 0.1) is 10.6 Å². The van der Waals surface area contributed by atoms with E-state index in [2.05, 4.69) is 15.0 Å². The molecule has 1 amide bonds. The summed E-state index contributed by atoms with van der Waals surface area (Å²) in [7, 11) is -3.76. The van der Waals surface area contributed by atoms with Gasteiger partial charge >= 0.3 is 0 Å². The maximum atomic E-state index is 12.6. The van der Waals surface area contributed by atoms with Gasteiger partial charge in [-0.25, -0.2) is 13.4 Å². The molecule has 0 atom stereocenters. The second-order valence-electron chi connectivity index (χ2n) is 6.61. The van der Waals surface area contributed by atoms with Gasteiger partial charge < -0.3 is 5.32 Å². The van der Waals surface area contributed by atoms with E-state index in [1.54, 1.807) is 19.1 Å². The van der Waals surface area contributed by atoms with Crippen molar-refractivity contribution in [3.8, 4) is 0 Å². The van der Waals surface area contributed by atoms with Gasteiger partial charge in [0.25, 0.3) is 15.9 Å². The van der Waals surface area contributed by atoms with E-state index < -0.39 is 10.0 Å². The summed E-state index contributed by atoms with van der Waals surface area (Å²) in [6.07, 6.45) is 0. The average molecular weight is 416 g/mol. The summed E-state index contributed by atoms with van der Waals surface area (Å²) in [6.45, 7) is 7.53. The summed E-state index contributed by atoms with van der Waals surface area (Å²) in [4.78, 5) is 17.3. The summed E-state index contributed by atoms with van der Waals surface area (Å²) in [6, 6.07) is 12.2. The molecule has 28 heavy (non-hydrogen) atoms. The van der Waals surface area contributed by atoms with Crippen molar-refractivity contribution in [2.24, 2.45) is 0 Å². The SMILES string of the molecule is Cc1ccc(S(=O)(=O)Nc2nc(C)c(C(=O)Nc3ccc(C)c(C)c3)s2)cc1. The van der Waals surface area contributed by atoms with Crippen LogP contribution in [0.1, 0.15) is 32.1 Å². The molecule has 0 unspecified atom stereocenters. The first kappa shape index (κ1) is 20.0. The third kappa shape index (κ3) is 4.40. The Balaban J connectivity index is 1.79. The first-order valence-corrected chi connectivity index (χ1v) is 10.9. The highest BCUT2D eigenvalue weighted by atomic mass is 32.2. The molecule has 0 fully saturated rings. The Hall–Kier alpha value is -2.71. The number of carbonyl (C=O) groups is 1. The maximum Gasteiger partial charge on any atom is 0.267 e. The summed E-state index contributed by atoms with van der Waals surface area (Å²) in [5, 5.41) is 2.99. The first-order valence-electron chi connectivity index (χ1n) is 8.61. The number of carbonyl (C=O) groups excluding carboxylic acids is 1. The molecule has 1 aromatic heterocycles. The molecule has 0 aliphatic carbocycles. The average Bonchev–Trinajstić information content (AvgIpc) is 2.98. The van der Waals surface area contributed by atoms with Gasteiger partial charge in [-0.1, -0.05) is 35.1 Å². The molecule has 0 aliphatic heterocycles. The molecule has 0 spiro atoms. The van der Waals surface area contributed by atoms with Crippen LogP contribution in [0.5, 0.6) is 0 Å². The highest BCUT2D eigenvalue weighted by molar-refractivity contribution is 7.93. The van der Waals surface area contributed by atoms with Crippen LogP contribution in [0.4, 0.5) is 10.8 Å². The van der Waals surface area contributed by atoms with Gasteiger partial charge in [-0.2, -0.15) is 0 Å². The number of aromatic nitrogens is 1. The maximum absolute atomic E-state index is 12.6. The molecule has 0 aliphatic rings. The summed E-state index contributed by atoms with van der Waals surface area (Å²) >= 11 is 1.01. The Labute approximate surface area is 168 Å². The number of aryl methyl sites for hydroxylation is 4. The Morgan fingerprint density at radius 1 is 0.964 bits per heavy atom. The van der Waals surface area contributed by atoms with E-state index in [9.17, 15) is 13.2 Å². The van der Waals surface area contributed by atoms with Crippen LogP contribution in [0.3, 0.4) is 0 Å². The highest BCUT2D eigenvalue weighted by Crippen LogP contribution is 2.26. The lowest BCUT2D eigenvalue weighted by molar-refractivity contribution is 0.103. The third-order valence-electron chi connectivity index (χ3n) is 4.32. The van der Waals surface area contributed by atoms with E-state index in [0.717, 1.165) is 28.0 Å². The number of sulfonamides is 1. The molecular weight excluding hydrogens is 394 g/mol. The Morgan fingerprint density at radius 3 is 2.29 bits per heavy atom. The predicted molar refractivity (Wildman–Crippen MR) is 113 cm³/mol. The number of rotatable bonds is 5. The number of benzene rings is 2. The molecule has 6 nitrogen and oxygen atoms in total. The lowest BCUT2D eigenvalue weighted by Crippen LogP contribution is -2.12. The standard InChI is InChI=1S/C20H21N3O3S2/c1-12-5-9-17(10-6-12)28(25,26)23-20-21-15(4)18(27-20)19(24)22-16-8-7-13(2)14(3)11-16/h5-11H,1-4H3,(H,21,23)(H,22,24). The topological polar surface area (TPSA) is 88.2 Å². The van der Waals surface area contributed by atoms with Crippen LogP contribution in [0.15, 0.2) is 47.4 Å². The van der Waals surface area contributed by atoms with Gasteiger partial charge in [0.2, 0.25) is 0 Å². The largest absolute Gasteiger partial charge is 0.321 e. The molecule has 8 heteroatoms. The summed E-state index contributed by atoms with van der Waals surface area (Å²) in [5.74, 6) is -0.320. The van der Waals surface area contributed by atoms with E-state index in [1.807, 2.05) is 39.0 Å². The van der Waals surface area contributed by atoms with E-state index in [0.29, 0.717) is 16.3 Å². The van der Waals surface area contributed by atoms with Crippen molar-refractivity contribution in [3.63, 3.8) is 0 Å². The second kappa shape index (κ2) is 7.73. The Morgan fingerprint density at radius 2 is 1.64 bits per heavy atom. The monoisotopic (exact) mass is 415 g/mol. The van der Waals surface area contributed by atoms with Crippen LogP contribution in [0.25, 0.3) is 0 Å². The zero-order valence-corrected chi connectivity index (χ0v) is 17.7. The fourth-order valence-corrected chi connectivity index (χ4v) is 4.65. The van der Waals surface area contributed by atoms with Gasteiger partial charge in [0.1, 0.15) is 4.88 Å². The van der Waals surface area contributed by atoms with Gasteiger partial charge in [-0.3, -0.25) is 9.52 Å². The van der Waals surface area contributed by atoms with Crippen LogP contribution >= 0.6 is 11.3 Å². The Kier molecular flexibility index (Phi) is 5.53. The number of nitrogens with zero attached hydrogens (tertiary/aromatic N) is 1. The molecule has 3 rings (SSSR count). The van der Waals surface area contributed by atoms with Crippen LogP contribution < -0.4 is 10.0 Å². The van der Waals surface area contributed by atoms with Crippen molar-refractivity contribution in [2.45, 2.75) is 32.6 Å². The number of hydrogen-bond donors (Lipinski definition) is 2. The smallest absolute Gasteiger partial charge is 0.267 e. The van der Waals surface area contributed by atoms with Crippen molar-refractivity contribution in [1.82, 2.24) is 4.98 Å². The number of nitrogens with one attached hydrogen (secondary N) is 2. The van der Waals surface area contributed by atoms with Crippen molar-refractivity contribution >= 4 is 38.1 Å². The second-order valence-corrected chi connectivity index (χ2v) is 9.29. The Bertz CT molecular complexity index is 1130. The predicted octanol–water partition coefficient (Wildman–Crippen LogP) is 4.43. The summed E-state index contributed by atoms with van der Waals surface area (Å²) in [5.41, 5.74) is 4.33. The number of anilines is 2. The third-order valence-corrected chi connectivity index (χ3v) is 6.88. The molecule has 1 heterocycles. The molecule has 0 saturated carbocycles. The molecule has 0 saturated heterocycles. The number of thiazole rings is 1. The summed E-state index contributed by atoms with van der Waals surface area (Å²) < 4.78 is 27.5. The highest BCUT2D eigenvalue weighted by Gasteiger charge is 2.20. The van der Waals surface area contributed by atoms with Crippen LogP contribution in [-0.2, 0) is 10.0 Å². The van der Waals surface area contributed by atoms with Crippen molar-refractivity contribution in [2.75, 3.05) is 10.0 Å². The quantitative estimate of drug-likeness (QED) is 0.645. The zero-order valence-electron chi connectivity index (χ0n) is 16.0. The number of hydrogen-bond acceptors (Lipinski definition) is 5. The van der Waals surface area contributed by atoms with Gasteiger partial charge in [-0.05, 0) is 63.1 Å². The van der Waals surface area contributed by atoms with Crippen molar-refractivity contribution in [3.05, 3.63) is 69.7 Å². The van der Waals surface area contributed by atoms with Gasteiger partial charge in [0, 0.05) is 5.69 Å². The fourth-order valence-electron chi connectivity index (χ4n) is 2.55. The van der Waals surface area contributed by atoms with E-state index in [1.165, 1.54) is 12.1 Å². The number of amides is 1. The van der Waals surface area contributed by atoms with E-state index >= 15 is 0 Å². The zero-order chi connectivity index (χ0) is 20.5. The van der Waals surface area contributed by atoms with E-state index in [4.69, 9.17) is 0 Å².